The molecule has 2 aromatic rings. The van der Waals surface area contributed by atoms with Crippen LogP contribution in [0.2, 0.25) is 0 Å². The molecular weight excluding hydrogens is 428 g/mol. The zero-order chi connectivity index (χ0) is 23.3. The third-order valence-corrected chi connectivity index (χ3v) is 5.83. The van der Waals surface area contributed by atoms with E-state index in [4.69, 9.17) is 33.2 Å². The molecule has 0 aliphatic carbocycles. The monoisotopic (exact) mass is 458 g/mol. The minimum atomic E-state index is -1.50. The van der Waals surface area contributed by atoms with Gasteiger partial charge in [-0.15, -0.1) is 0 Å². The molecule has 33 heavy (non-hydrogen) atoms. The molecule has 8 heteroatoms. The lowest BCUT2D eigenvalue weighted by atomic mass is 10.1. The van der Waals surface area contributed by atoms with E-state index in [2.05, 4.69) is 0 Å². The number of carbonyl (C=O) groups excluding carboxylic acids is 1. The van der Waals surface area contributed by atoms with Gasteiger partial charge in [-0.05, 0) is 11.1 Å². The Hall–Kier alpha value is -2.33. The van der Waals surface area contributed by atoms with E-state index in [9.17, 15) is 4.79 Å². The summed E-state index contributed by atoms with van der Waals surface area (Å²) in [6.07, 6.45) is -2.86. The van der Waals surface area contributed by atoms with E-state index in [1.165, 1.54) is 14.0 Å². The summed E-state index contributed by atoms with van der Waals surface area (Å²) >= 11 is 0. The molecule has 0 spiro atoms. The number of carbonyl (C=O) groups is 1. The summed E-state index contributed by atoms with van der Waals surface area (Å²) in [4.78, 5) is 12.1. The van der Waals surface area contributed by atoms with E-state index >= 15 is 0 Å². The second-order valence-corrected chi connectivity index (χ2v) is 8.13. The summed E-state index contributed by atoms with van der Waals surface area (Å²) in [5.41, 5.74) is 2.04. The van der Waals surface area contributed by atoms with E-state index < -0.39 is 42.5 Å². The first-order valence-electron chi connectivity index (χ1n) is 10.9. The van der Waals surface area contributed by atoms with Crippen molar-refractivity contribution in [1.29, 1.82) is 0 Å². The fourth-order valence-electron chi connectivity index (χ4n) is 4.09. The van der Waals surface area contributed by atoms with E-state index in [1.807, 2.05) is 60.7 Å². The zero-order valence-corrected chi connectivity index (χ0v) is 19.0. The van der Waals surface area contributed by atoms with Gasteiger partial charge in [0.15, 0.2) is 6.29 Å². The van der Waals surface area contributed by atoms with Crippen molar-refractivity contribution >= 4 is 5.97 Å². The topological polar surface area (TPSA) is 81.7 Å². The van der Waals surface area contributed by atoms with Gasteiger partial charge in [-0.1, -0.05) is 60.7 Å². The van der Waals surface area contributed by atoms with Crippen molar-refractivity contribution in [2.24, 2.45) is 0 Å². The molecular formula is C25H30O8. The van der Waals surface area contributed by atoms with Crippen LogP contribution >= 0.6 is 0 Å². The molecule has 0 N–H and O–H groups in total. The summed E-state index contributed by atoms with van der Waals surface area (Å²) in [6, 6.07) is 19.7. The van der Waals surface area contributed by atoms with Crippen LogP contribution < -0.4 is 0 Å². The van der Waals surface area contributed by atoms with Crippen LogP contribution in [0, 0.1) is 0 Å². The molecule has 8 nitrogen and oxygen atoms in total. The molecule has 0 saturated carbocycles. The van der Waals surface area contributed by atoms with Crippen molar-refractivity contribution in [2.75, 3.05) is 20.8 Å². The van der Waals surface area contributed by atoms with Crippen LogP contribution in [-0.4, -0.2) is 63.3 Å². The summed E-state index contributed by atoms with van der Waals surface area (Å²) in [7, 11) is 2.85. The second-order valence-electron chi connectivity index (χ2n) is 8.13. The molecule has 2 aromatic carbocycles. The fourth-order valence-corrected chi connectivity index (χ4v) is 4.09. The van der Waals surface area contributed by atoms with Gasteiger partial charge in [0.25, 0.3) is 5.79 Å². The van der Waals surface area contributed by atoms with Crippen LogP contribution in [-0.2, 0) is 51.2 Å². The SMILES string of the molecule is COC(=O)[C@@]1(C)OC[C@H]([C@@H]2O[C@@H](OC)[C@H](OCc3ccccc3)[C@H]2OCc2ccccc2)O1. The quantitative estimate of drug-likeness (QED) is 0.531. The fraction of sp³-hybridized carbons (Fsp3) is 0.480. The Balaban J connectivity index is 1.52. The number of rotatable bonds is 9. The highest BCUT2D eigenvalue weighted by Gasteiger charge is 2.56. The lowest BCUT2D eigenvalue weighted by Gasteiger charge is -2.27. The van der Waals surface area contributed by atoms with Gasteiger partial charge in [-0.25, -0.2) is 4.79 Å². The van der Waals surface area contributed by atoms with Gasteiger partial charge >= 0.3 is 5.97 Å². The lowest BCUT2D eigenvalue weighted by Crippen LogP contribution is -2.45. The Morgan fingerprint density at radius 1 is 0.939 bits per heavy atom. The van der Waals surface area contributed by atoms with E-state index in [1.54, 1.807) is 7.11 Å². The number of hydrogen-bond acceptors (Lipinski definition) is 8. The van der Waals surface area contributed by atoms with Crippen LogP contribution in [0.4, 0.5) is 0 Å². The summed E-state index contributed by atoms with van der Waals surface area (Å²) in [6.45, 7) is 2.40. The maximum absolute atomic E-state index is 12.1. The highest BCUT2D eigenvalue weighted by molar-refractivity contribution is 5.77. The summed E-state index contributed by atoms with van der Waals surface area (Å²) in [5, 5.41) is 0. The highest BCUT2D eigenvalue weighted by atomic mass is 16.8. The van der Waals surface area contributed by atoms with E-state index in [0.717, 1.165) is 11.1 Å². The Bertz CT molecular complexity index is 892. The largest absolute Gasteiger partial charge is 0.465 e. The number of methoxy groups -OCH3 is 2. The predicted molar refractivity (Wildman–Crippen MR) is 117 cm³/mol. The molecule has 2 heterocycles. The average Bonchev–Trinajstić information content (AvgIpc) is 3.43. The van der Waals surface area contributed by atoms with Gasteiger partial charge in [0.05, 0.1) is 26.9 Å². The molecule has 2 aliphatic rings. The predicted octanol–water partition coefficient (Wildman–Crippen LogP) is 2.83. The standard InChI is InChI=1S/C25H30O8/c1-25(24(26)28-3)31-16-19(33-25)20-21(29-14-17-10-6-4-7-11-17)22(23(27-2)32-20)30-15-18-12-8-5-9-13-18/h4-13,19-23H,14-16H2,1-3H3/t19-,20+,21+,22-,23-,25+/m1/s1. The maximum Gasteiger partial charge on any atom is 0.366 e. The van der Waals surface area contributed by atoms with Crippen LogP contribution in [0.1, 0.15) is 18.1 Å². The number of ether oxygens (including phenoxy) is 7. The molecule has 0 aromatic heterocycles. The van der Waals surface area contributed by atoms with Gasteiger partial charge in [0.2, 0.25) is 0 Å². The van der Waals surface area contributed by atoms with E-state index in [-0.39, 0.29) is 6.61 Å². The van der Waals surface area contributed by atoms with Gasteiger partial charge in [-0.2, -0.15) is 0 Å². The average molecular weight is 459 g/mol. The van der Waals surface area contributed by atoms with Crippen molar-refractivity contribution in [3.8, 4) is 0 Å². The van der Waals surface area contributed by atoms with Crippen LogP contribution in [0.5, 0.6) is 0 Å². The molecule has 0 unspecified atom stereocenters. The molecule has 0 radical (unpaired) electrons. The van der Waals surface area contributed by atoms with Gasteiger partial charge in [0.1, 0.15) is 24.4 Å². The normalized spacial score (nSPS) is 31.5. The molecule has 2 saturated heterocycles. The van der Waals surface area contributed by atoms with Crippen molar-refractivity contribution in [3.05, 3.63) is 71.8 Å². The van der Waals surface area contributed by atoms with Gasteiger partial charge in [-0.3, -0.25) is 0 Å². The van der Waals surface area contributed by atoms with Crippen molar-refractivity contribution < 1.29 is 38.0 Å². The van der Waals surface area contributed by atoms with Crippen molar-refractivity contribution in [3.63, 3.8) is 0 Å². The molecule has 2 fully saturated rings. The smallest absolute Gasteiger partial charge is 0.366 e. The first kappa shape index (κ1) is 23.8. The molecule has 2 aliphatic heterocycles. The minimum absolute atomic E-state index is 0.142. The maximum atomic E-state index is 12.1. The first-order valence-corrected chi connectivity index (χ1v) is 10.9. The van der Waals surface area contributed by atoms with Gasteiger partial charge in [0, 0.05) is 14.0 Å². The van der Waals surface area contributed by atoms with Crippen LogP contribution in [0.3, 0.4) is 0 Å². The number of hydrogen-bond donors (Lipinski definition) is 0. The van der Waals surface area contributed by atoms with Crippen molar-refractivity contribution in [2.45, 2.75) is 56.6 Å². The van der Waals surface area contributed by atoms with Crippen LogP contribution in [0.15, 0.2) is 60.7 Å². The second kappa shape index (κ2) is 10.7. The summed E-state index contributed by atoms with van der Waals surface area (Å²) in [5.74, 6) is -2.11. The Morgan fingerprint density at radius 2 is 1.52 bits per heavy atom. The van der Waals surface area contributed by atoms with Gasteiger partial charge < -0.3 is 33.2 Å². The van der Waals surface area contributed by atoms with E-state index in [0.29, 0.717) is 13.2 Å². The van der Waals surface area contributed by atoms with Crippen LogP contribution in [0.25, 0.3) is 0 Å². The Morgan fingerprint density at radius 3 is 2.06 bits per heavy atom. The highest BCUT2D eigenvalue weighted by Crippen LogP contribution is 2.36. The molecule has 4 rings (SSSR count). The zero-order valence-electron chi connectivity index (χ0n) is 19.0. The minimum Gasteiger partial charge on any atom is -0.465 e. The molecule has 0 amide bonds. The molecule has 0 bridgehead atoms. The molecule has 178 valence electrons. The lowest BCUT2D eigenvalue weighted by molar-refractivity contribution is -0.214. The first-order chi connectivity index (χ1) is 16.0. The van der Waals surface area contributed by atoms with Crippen molar-refractivity contribution in [1.82, 2.24) is 0 Å². The Kier molecular flexibility index (Phi) is 7.75. The third kappa shape index (κ3) is 5.43. The molecule has 6 atom stereocenters. The number of benzene rings is 2. The Labute approximate surface area is 193 Å². The number of esters is 1. The third-order valence-electron chi connectivity index (χ3n) is 5.83. The summed E-state index contributed by atoms with van der Waals surface area (Å²) < 4.78 is 40.8.